The maximum atomic E-state index is 13.9. The van der Waals surface area contributed by atoms with Crippen LogP contribution in [0.1, 0.15) is 24.1 Å². The Morgan fingerprint density at radius 1 is 1.06 bits per heavy atom. The van der Waals surface area contributed by atoms with Crippen molar-refractivity contribution in [2.45, 2.75) is 24.8 Å². The lowest BCUT2D eigenvalue weighted by Gasteiger charge is -2.46. The quantitative estimate of drug-likeness (QED) is 0.670. The number of amides is 1. The number of aromatic nitrogens is 1. The van der Waals surface area contributed by atoms with Gasteiger partial charge in [-0.2, -0.15) is 0 Å². The van der Waals surface area contributed by atoms with Gasteiger partial charge in [-0.3, -0.25) is 4.79 Å². The number of piperidine rings is 1. The summed E-state index contributed by atoms with van der Waals surface area (Å²) in [6, 6.07) is 14.5. The summed E-state index contributed by atoms with van der Waals surface area (Å²) in [5.41, 5.74) is 3.47. The number of hydrogen-bond donors (Lipinski definition) is 1. The maximum absolute atomic E-state index is 13.9. The molecule has 1 spiro atoms. The minimum Gasteiger partial charge on any atom is -0.493 e. The molecule has 1 saturated heterocycles. The SMILES string of the molecule is COc1ccc(CC(=O)N2CCC3(CC2)Nc2cc(F)ccc2-n2cccc23)cc1OC. The topological polar surface area (TPSA) is 55.7 Å². The first kappa shape index (κ1) is 20.4. The molecule has 32 heavy (non-hydrogen) atoms. The van der Waals surface area contributed by atoms with E-state index in [1.165, 1.54) is 6.07 Å². The first-order chi connectivity index (χ1) is 15.5. The lowest BCUT2D eigenvalue weighted by Crippen LogP contribution is -2.51. The molecule has 7 heteroatoms. The molecule has 166 valence electrons. The standard InChI is InChI=1S/C25H26FN3O3/c1-31-21-8-5-17(14-22(21)32-2)15-24(30)28-12-9-25(10-13-28)23-4-3-11-29(23)20-7-6-18(26)16-19(20)27-25/h3-8,11,14,16,27H,9-10,12-13,15H2,1-2H3. The molecule has 1 fully saturated rings. The minimum atomic E-state index is -0.315. The van der Waals surface area contributed by atoms with E-state index in [2.05, 4.69) is 16.0 Å². The Labute approximate surface area is 186 Å². The van der Waals surface area contributed by atoms with E-state index in [0.717, 1.165) is 35.5 Å². The fraction of sp³-hybridized carbons (Fsp3) is 0.320. The number of nitrogens with zero attached hydrogens (tertiary/aromatic N) is 2. The van der Waals surface area contributed by atoms with Crippen molar-refractivity contribution in [3.63, 3.8) is 0 Å². The number of hydrogen-bond acceptors (Lipinski definition) is 4. The van der Waals surface area contributed by atoms with E-state index >= 15 is 0 Å². The Bertz CT molecular complexity index is 1160. The van der Waals surface area contributed by atoms with Gasteiger partial charge in [0.25, 0.3) is 0 Å². The highest BCUT2D eigenvalue weighted by molar-refractivity contribution is 5.79. The third-order valence-electron chi connectivity index (χ3n) is 6.60. The number of ether oxygens (including phenoxy) is 2. The van der Waals surface area contributed by atoms with Gasteiger partial charge >= 0.3 is 0 Å². The van der Waals surface area contributed by atoms with Gasteiger partial charge in [-0.05, 0) is 60.9 Å². The summed E-state index contributed by atoms with van der Waals surface area (Å²) in [7, 11) is 3.18. The molecule has 0 radical (unpaired) electrons. The average molecular weight is 435 g/mol. The van der Waals surface area contributed by atoms with Gasteiger partial charge in [0.2, 0.25) is 5.91 Å². The highest BCUT2D eigenvalue weighted by Crippen LogP contribution is 2.43. The van der Waals surface area contributed by atoms with Crippen LogP contribution in [0.15, 0.2) is 54.7 Å². The number of nitrogens with one attached hydrogen (secondary N) is 1. The minimum absolute atomic E-state index is 0.0877. The van der Waals surface area contributed by atoms with E-state index in [9.17, 15) is 9.18 Å². The largest absolute Gasteiger partial charge is 0.493 e. The summed E-state index contributed by atoms with van der Waals surface area (Å²) in [4.78, 5) is 14.9. The predicted molar refractivity (Wildman–Crippen MR) is 120 cm³/mol. The van der Waals surface area contributed by atoms with E-state index in [1.807, 2.05) is 35.4 Å². The fourth-order valence-electron chi connectivity index (χ4n) is 4.92. The van der Waals surface area contributed by atoms with Crippen molar-refractivity contribution in [1.82, 2.24) is 9.47 Å². The Balaban J connectivity index is 1.32. The third-order valence-corrected chi connectivity index (χ3v) is 6.60. The first-order valence-electron chi connectivity index (χ1n) is 10.8. The number of benzene rings is 2. The van der Waals surface area contributed by atoms with Crippen LogP contribution in [0.25, 0.3) is 5.69 Å². The zero-order valence-corrected chi connectivity index (χ0v) is 18.2. The molecule has 2 aliphatic heterocycles. The molecule has 0 unspecified atom stereocenters. The molecule has 0 bridgehead atoms. The summed E-state index contributed by atoms with van der Waals surface area (Å²) in [5.74, 6) is 1.09. The van der Waals surface area contributed by atoms with Gasteiger partial charge < -0.3 is 24.3 Å². The summed E-state index contributed by atoms with van der Waals surface area (Å²) in [5, 5.41) is 3.60. The molecule has 1 amide bonds. The van der Waals surface area contributed by atoms with Gasteiger partial charge in [0.1, 0.15) is 5.82 Å². The monoisotopic (exact) mass is 435 g/mol. The van der Waals surface area contributed by atoms with E-state index in [4.69, 9.17) is 9.47 Å². The zero-order chi connectivity index (χ0) is 22.3. The van der Waals surface area contributed by atoms with Crippen LogP contribution in [-0.2, 0) is 16.8 Å². The number of carbonyl (C=O) groups is 1. The average Bonchev–Trinajstić information content (AvgIpc) is 3.30. The second kappa shape index (κ2) is 7.89. The van der Waals surface area contributed by atoms with Crippen molar-refractivity contribution in [2.75, 3.05) is 32.6 Å². The molecule has 1 aromatic heterocycles. The number of methoxy groups -OCH3 is 2. The number of carbonyl (C=O) groups excluding carboxylic acids is 1. The summed E-state index contributed by atoms with van der Waals surface area (Å²) in [6.45, 7) is 1.27. The highest BCUT2D eigenvalue weighted by Gasteiger charge is 2.42. The molecular weight excluding hydrogens is 409 g/mol. The second-order valence-electron chi connectivity index (χ2n) is 8.38. The van der Waals surface area contributed by atoms with Crippen LogP contribution in [0.5, 0.6) is 11.5 Å². The van der Waals surface area contributed by atoms with Crippen molar-refractivity contribution in [2.24, 2.45) is 0 Å². The van der Waals surface area contributed by atoms with Crippen molar-refractivity contribution < 1.29 is 18.7 Å². The lowest BCUT2D eigenvalue weighted by atomic mass is 9.82. The summed E-state index contributed by atoms with van der Waals surface area (Å²) < 4.78 is 26.7. The molecule has 6 nitrogen and oxygen atoms in total. The Hall–Kier alpha value is -3.48. The third kappa shape index (κ3) is 3.38. The van der Waals surface area contributed by atoms with Gasteiger partial charge in [0.05, 0.1) is 37.6 Å². The highest BCUT2D eigenvalue weighted by atomic mass is 19.1. The van der Waals surface area contributed by atoms with Crippen LogP contribution >= 0.6 is 0 Å². The molecule has 0 aliphatic carbocycles. The maximum Gasteiger partial charge on any atom is 0.226 e. The molecular formula is C25H26FN3O3. The number of fused-ring (bicyclic) bond motifs is 4. The van der Waals surface area contributed by atoms with Crippen molar-refractivity contribution in [3.8, 4) is 17.2 Å². The lowest BCUT2D eigenvalue weighted by molar-refractivity contribution is -0.132. The number of halogens is 1. The molecule has 2 aliphatic rings. The first-order valence-corrected chi connectivity index (χ1v) is 10.8. The van der Waals surface area contributed by atoms with Gasteiger partial charge in [-0.25, -0.2) is 4.39 Å². The number of anilines is 1. The van der Waals surface area contributed by atoms with Crippen molar-refractivity contribution in [1.29, 1.82) is 0 Å². The smallest absolute Gasteiger partial charge is 0.226 e. The van der Waals surface area contributed by atoms with Gasteiger partial charge in [0.15, 0.2) is 11.5 Å². The molecule has 0 saturated carbocycles. The van der Waals surface area contributed by atoms with Crippen LogP contribution < -0.4 is 14.8 Å². The van der Waals surface area contributed by atoms with Crippen LogP contribution in [-0.4, -0.2) is 42.7 Å². The fourth-order valence-corrected chi connectivity index (χ4v) is 4.92. The number of rotatable bonds is 4. The van der Waals surface area contributed by atoms with Gasteiger partial charge in [0, 0.05) is 25.0 Å². The zero-order valence-electron chi connectivity index (χ0n) is 18.2. The second-order valence-corrected chi connectivity index (χ2v) is 8.38. The van der Waals surface area contributed by atoms with Crippen molar-refractivity contribution >= 4 is 11.6 Å². The summed E-state index contributed by atoms with van der Waals surface area (Å²) in [6.07, 6.45) is 3.84. The van der Waals surface area contributed by atoms with Crippen LogP contribution in [0.2, 0.25) is 0 Å². The summed E-state index contributed by atoms with van der Waals surface area (Å²) >= 11 is 0. The van der Waals surface area contributed by atoms with E-state index in [-0.39, 0.29) is 17.3 Å². The molecule has 3 aromatic rings. The molecule has 2 aromatic carbocycles. The Morgan fingerprint density at radius 2 is 1.84 bits per heavy atom. The van der Waals surface area contributed by atoms with Gasteiger partial charge in [-0.1, -0.05) is 6.07 Å². The Morgan fingerprint density at radius 3 is 2.59 bits per heavy atom. The van der Waals surface area contributed by atoms with Crippen LogP contribution in [0.3, 0.4) is 0 Å². The molecule has 5 rings (SSSR count). The molecule has 0 atom stereocenters. The predicted octanol–water partition coefficient (Wildman–Crippen LogP) is 4.12. The molecule has 3 heterocycles. The van der Waals surface area contributed by atoms with Crippen molar-refractivity contribution in [3.05, 3.63) is 71.8 Å². The van der Waals surface area contributed by atoms with Crippen LogP contribution in [0, 0.1) is 5.82 Å². The number of likely N-dealkylation sites (tertiary alicyclic amines) is 1. The van der Waals surface area contributed by atoms with Crippen LogP contribution in [0.4, 0.5) is 10.1 Å². The normalized spacial score (nSPS) is 16.2. The van der Waals surface area contributed by atoms with E-state index < -0.39 is 0 Å². The Kier molecular flexibility index (Phi) is 5.04. The van der Waals surface area contributed by atoms with E-state index in [0.29, 0.717) is 31.0 Å². The molecule has 1 N–H and O–H groups in total. The van der Waals surface area contributed by atoms with E-state index in [1.54, 1.807) is 26.4 Å². The van der Waals surface area contributed by atoms with Gasteiger partial charge in [-0.15, -0.1) is 0 Å².